The molecule has 0 saturated carbocycles. The van der Waals surface area contributed by atoms with E-state index in [0.717, 1.165) is 16.9 Å². The van der Waals surface area contributed by atoms with Gasteiger partial charge >= 0.3 is 0 Å². The smallest absolute Gasteiger partial charge is 0.270 e. The molecular weight excluding hydrogens is 486 g/mol. The highest BCUT2D eigenvalue weighted by Gasteiger charge is 2.34. The van der Waals surface area contributed by atoms with Crippen LogP contribution < -0.4 is 19.7 Å². The van der Waals surface area contributed by atoms with Crippen molar-refractivity contribution in [3.05, 3.63) is 108 Å². The lowest BCUT2D eigenvalue weighted by Gasteiger charge is -2.29. The number of pyridine rings is 1. The third-order valence-corrected chi connectivity index (χ3v) is 6.01. The van der Waals surface area contributed by atoms with Gasteiger partial charge in [-0.15, -0.1) is 0 Å². The Kier molecular flexibility index (Phi) is 6.74. The van der Waals surface area contributed by atoms with Gasteiger partial charge in [-0.2, -0.15) is 0 Å². The first-order chi connectivity index (χ1) is 18.0. The average molecular weight is 508 g/mol. The number of ether oxygens (including phenoxy) is 2. The largest absolute Gasteiger partial charge is 0.497 e. The van der Waals surface area contributed by atoms with Gasteiger partial charge in [0.15, 0.2) is 5.11 Å². The van der Waals surface area contributed by atoms with E-state index in [1.165, 1.54) is 11.0 Å². The lowest BCUT2D eigenvalue weighted by atomic mass is 9.99. The molecule has 0 radical (unpaired) electrons. The Morgan fingerprint density at radius 3 is 2.24 bits per heavy atom. The number of hydrogen-bond acceptors (Lipinski definition) is 6. The molecule has 0 aliphatic carbocycles. The number of carbonyl (C=O) groups excluding carboxylic acids is 2. The highest BCUT2D eigenvalue weighted by molar-refractivity contribution is 7.80. The quantitative estimate of drug-likeness (QED) is 0.214. The number of aromatic nitrogens is 1. The molecule has 0 atom stereocenters. The summed E-state index contributed by atoms with van der Waals surface area (Å²) in [5.74, 6) is 0.921. The van der Waals surface area contributed by atoms with Crippen LogP contribution in [0.25, 0.3) is 17.2 Å². The van der Waals surface area contributed by atoms with Crippen molar-refractivity contribution in [3.63, 3.8) is 0 Å². The van der Waals surface area contributed by atoms with Crippen LogP contribution >= 0.6 is 12.2 Å². The van der Waals surface area contributed by atoms with Gasteiger partial charge in [-0.3, -0.25) is 24.8 Å². The Morgan fingerprint density at radius 2 is 1.54 bits per heavy atom. The Balaban J connectivity index is 1.45. The van der Waals surface area contributed by atoms with Crippen LogP contribution in [0.3, 0.4) is 0 Å². The van der Waals surface area contributed by atoms with E-state index in [4.69, 9.17) is 21.7 Å². The lowest BCUT2D eigenvalue weighted by molar-refractivity contribution is -0.122. The molecule has 2 heterocycles. The molecule has 4 aromatic rings. The first-order valence-electron chi connectivity index (χ1n) is 11.4. The number of rotatable bonds is 6. The predicted octanol–water partition coefficient (Wildman–Crippen LogP) is 5.38. The Morgan fingerprint density at radius 1 is 0.865 bits per heavy atom. The zero-order valence-electron chi connectivity index (χ0n) is 19.8. The van der Waals surface area contributed by atoms with Gasteiger partial charge in [-0.25, -0.2) is 0 Å². The van der Waals surface area contributed by atoms with E-state index in [1.807, 2.05) is 60.7 Å². The van der Waals surface area contributed by atoms with E-state index in [2.05, 4.69) is 10.3 Å². The number of para-hydroxylation sites is 1. The monoisotopic (exact) mass is 507 g/mol. The van der Waals surface area contributed by atoms with Crippen molar-refractivity contribution in [1.29, 1.82) is 0 Å². The van der Waals surface area contributed by atoms with E-state index in [0.29, 0.717) is 22.7 Å². The first kappa shape index (κ1) is 23.9. The summed E-state index contributed by atoms with van der Waals surface area (Å²) >= 11 is 5.34. The summed E-state index contributed by atoms with van der Waals surface area (Å²) in [4.78, 5) is 31.8. The van der Waals surface area contributed by atoms with Crippen molar-refractivity contribution in [2.75, 3.05) is 12.0 Å². The number of anilines is 1. The molecule has 0 spiro atoms. The predicted molar refractivity (Wildman–Crippen MR) is 145 cm³/mol. The van der Waals surface area contributed by atoms with Crippen LogP contribution in [0.15, 0.2) is 103 Å². The SMILES string of the molecule is COc1ccc(-c2ccncc2C=C2C(=O)NC(=S)N(c3ccc(Oc4ccccc4)cc3)C2=O)cc1. The van der Waals surface area contributed by atoms with Crippen molar-refractivity contribution in [2.24, 2.45) is 0 Å². The maximum Gasteiger partial charge on any atom is 0.270 e. The van der Waals surface area contributed by atoms with Gasteiger partial charge in [0, 0.05) is 18.0 Å². The van der Waals surface area contributed by atoms with Crippen LogP contribution in [0.4, 0.5) is 5.69 Å². The molecule has 0 unspecified atom stereocenters. The summed E-state index contributed by atoms with van der Waals surface area (Å²) in [6, 6.07) is 25.6. The topological polar surface area (TPSA) is 80.8 Å². The molecular formula is C29H21N3O4S. The molecule has 182 valence electrons. The van der Waals surface area contributed by atoms with Gasteiger partial charge in [0.1, 0.15) is 22.8 Å². The second kappa shape index (κ2) is 10.4. The van der Waals surface area contributed by atoms with Gasteiger partial charge in [0.2, 0.25) is 0 Å². The third kappa shape index (κ3) is 5.10. The molecule has 1 aromatic heterocycles. The summed E-state index contributed by atoms with van der Waals surface area (Å²) in [6.45, 7) is 0. The molecule has 3 aromatic carbocycles. The number of nitrogens with zero attached hydrogens (tertiary/aromatic N) is 2. The van der Waals surface area contributed by atoms with Crippen molar-refractivity contribution < 1.29 is 19.1 Å². The average Bonchev–Trinajstić information content (AvgIpc) is 2.93. The van der Waals surface area contributed by atoms with Gasteiger partial charge in [0.05, 0.1) is 12.8 Å². The molecule has 2 amide bonds. The summed E-state index contributed by atoms with van der Waals surface area (Å²) in [7, 11) is 1.60. The number of nitrogens with one attached hydrogen (secondary N) is 1. The summed E-state index contributed by atoms with van der Waals surface area (Å²) in [6.07, 6.45) is 4.80. The van der Waals surface area contributed by atoms with Gasteiger partial charge in [0.25, 0.3) is 11.8 Å². The summed E-state index contributed by atoms with van der Waals surface area (Å²) in [5.41, 5.74) is 2.77. The minimum absolute atomic E-state index is 0.00504. The zero-order chi connectivity index (χ0) is 25.8. The van der Waals surface area contributed by atoms with E-state index in [9.17, 15) is 9.59 Å². The molecule has 1 fully saturated rings. The molecule has 5 rings (SSSR count). The number of thiocarbonyl (C=S) groups is 1. The standard InChI is InChI=1S/C29H21N3O4S/c1-35-22-11-7-19(8-12-22)25-15-16-30-18-20(25)17-26-27(33)31-29(37)32(28(26)34)21-9-13-24(14-10-21)36-23-5-3-2-4-6-23/h2-18H,1H3,(H,31,33,37). The van der Waals surface area contributed by atoms with E-state index in [-0.39, 0.29) is 10.7 Å². The Hall–Kier alpha value is -4.82. The van der Waals surface area contributed by atoms with E-state index < -0.39 is 11.8 Å². The maximum absolute atomic E-state index is 13.5. The zero-order valence-corrected chi connectivity index (χ0v) is 20.6. The van der Waals surface area contributed by atoms with Crippen molar-refractivity contribution >= 4 is 40.9 Å². The fourth-order valence-electron chi connectivity index (χ4n) is 3.89. The minimum atomic E-state index is -0.570. The van der Waals surface area contributed by atoms with Crippen LogP contribution in [0.1, 0.15) is 5.56 Å². The number of benzene rings is 3. The van der Waals surface area contributed by atoms with Crippen molar-refractivity contribution in [3.8, 4) is 28.4 Å². The summed E-state index contributed by atoms with van der Waals surface area (Å²) < 4.78 is 11.1. The van der Waals surface area contributed by atoms with Crippen molar-refractivity contribution in [1.82, 2.24) is 10.3 Å². The van der Waals surface area contributed by atoms with Crippen LogP contribution in [-0.2, 0) is 9.59 Å². The Labute approximate surface area is 219 Å². The third-order valence-electron chi connectivity index (χ3n) is 5.73. The molecule has 1 aliphatic heterocycles. The molecule has 1 aliphatic rings. The second-order valence-corrected chi connectivity index (χ2v) is 8.44. The van der Waals surface area contributed by atoms with Gasteiger partial charge in [-0.05, 0) is 84.0 Å². The van der Waals surface area contributed by atoms with Crippen LogP contribution in [0, 0.1) is 0 Å². The first-order valence-corrected chi connectivity index (χ1v) is 11.8. The molecule has 1 saturated heterocycles. The summed E-state index contributed by atoms with van der Waals surface area (Å²) in [5, 5.41) is 2.62. The molecule has 0 bridgehead atoms. The molecule has 37 heavy (non-hydrogen) atoms. The van der Waals surface area contributed by atoms with Crippen LogP contribution in [0.5, 0.6) is 17.2 Å². The fraction of sp³-hybridized carbons (Fsp3) is 0.0345. The maximum atomic E-state index is 13.5. The number of methoxy groups -OCH3 is 1. The van der Waals surface area contributed by atoms with E-state index in [1.54, 1.807) is 43.8 Å². The highest BCUT2D eigenvalue weighted by Crippen LogP contribution is 2.30. The van der Waals surface area contributed by atoms with Crippen molar-refractivity contribution in [2.45, 2.75) is 0 Å². The lowest BCUT2D eigenvalue weighted by Crippen LogP contribution is -2.54. The molecule has 7 nitrogen and oxygen atoms in total. The van der Waals surface area contributed by atoms with Gasteiger partial charge < -0.3 is 9.47 Å². The molecule has 1 N–H and O–H groups in total. The highest BCUT2D eigenvalue weighted by atomic mass is 32.1. The van der Waals surface area contributed by atoms with Gasteiger partial charge in [-0.1, -0.05) is 30.3 Å². The van der Waals surface area contributed by atoms with Crippen LogP contribution in [0.2, 0.25) is 0 Å². The molecule has 8 heteroatoms. The normalized spacial score (nSPS) is 14.5. The fourth-order valence-corrected chi connectivity index (χ4v) is 4.17. The second-order valence-electron chi connectivity index (χ2n) is 8.06. The number of carbonyl (C=O) groups is 2. The van der Waals surface area contributed by atoms with E-state index >= 15 is 0 Å². The van der Waals surface area contributed by atoms with Crippen LogP contribution in [-0.4, -0.2) is 29.0 Å². The number of amides is 2. The number of hydrogen-bond donors (Lipinski definition) is 1. The Bertz CT molecular complexity index is 1500. The minimum Gasteiger partial charge on any atom is -0.497 e.